The molecule has 24 heavy (non-hydrogen) atoms. The van der Waals surface area contributed by atoms with Crippen molar-refractivity contribution >= 4 is 12.6 Å². The van der Waals surface area contributed by atoms with Crippen molar-refractivity contribution in [2.24, 2.45) is 0 Å². The minimum absolute atomic E-state index is 0.124. The minimum atomic E-state index is -0.124. The maximum Gasteiger partial charge on any atom is 0.145 e. The second-order valence-electron chi connectivity index (χ2n) is 4.96. The summed E-state index contributed by atoms with van der Waals surface area (Å²) in [5.74, 6) is 0. The molecule has 0 radical (unpaired) electrons. The Balaban J connectivity index is 4.88. The number of carbonyl (C=O) groups is 2. The zero-order chi connectivity index (χ0) is 18.2. The molecule has 0 aliphatic carbocycles. The molecule has 0 aliphatic heterocycles. The summed E-state index contributed by atoms with van der Waals surface area (Å²) in [6.45, 7) is 3.14. The maximum absolute atomic E-state index is 10.5. The minimum Gasteiger partial charge on any atom is -0.392 e. The molecule has 2 N–H and O–H groups in total. The van der Waals surface area contributed by atoms with E-state index in [1.807, 2.05) is 0 Å². The number of carbonyl (C=O) groups excluding carboxylic acids is 2. The Kier molecular flexibility index (Phi) is 12.6. The van der Waals surface area contributed by atoms with Gasteiger partial charge >= 0.3 is 0 Å². The smallest absolute Gasteiger partial charge is 0.145 e. The van der Waals surface area contributed by atoms with Crippen molar-refractivity contribution in [3.8, 4) is 0 Å². The molecule has 0 rings (SSSR count). The highest BCUT2D eigenvalue weighted by Crippen LogP contribution is 2.01. The van der Waals surface area contributed by atoms with Gasteiger partial charge in [-0.1, -0.05) is 60.8 Å². The van der Waals surface area contributed by atoms with E-state index in [0.29, 0.717) is 22.3 Å². The number of aliphatic hydroxyl groups excluding tert-OH is 2. The molecule has 0 aromatic heterocycles. The lowest BCUT2D eigenvalue weighted by atomic mass is 10.2. The first-order valence-corrected chi connectivity index (χ1v) is 7.45. The summed E-state index contributed by atoms with van der Waals surface area (Å²) < 4.78 is 0. The Morgan fingerprint density at radius 3 is 1.33 bits per heavy atom. The second-order valence-corrected chi connectivity index (χ2v) is 4.96. The van der Waals surface area contributed by atoms with E-state index < -0.39 is 0 Å². The third kappa shape index (κ3) is 11.1. The topological polar surface area (TPSA) is 74.6 Å². The predicted octanol–water partition coefficient (Wildman–Crippen LogP) is 2.78. The van der Waals surface area contributed by atoms with E-state index in [2.05, 4.69) is 0 Å². The number of hydrogen-bond acceptors (Lipinski definition) is 4. The zero-order valence-electron chi connectivity index (χ0n) is 14.1. The van der Waals surface area contributed by atoms with Gasteiger partial charge in [-0.05, 0) is 36.1 Å². The molecule has 4 heteroatoms. The van der Waals surface area contributed by atoms with Gasteiger partial charge in [0, 0.05) is 0 Å². The van der Waals surface area contributed by atoms with Gasteiger partial charge in [0.1, 0.15) is 12.6 Å². The molecular formula is C20H24O4. The van der Waals surface area contributed by atoms with Crippen LogP contribution in [0.4, 0.5) is 0 Å². The molecule has 0 aliphatic rings. The molecule has 0 saturated carbocycles. The molecule has 0 spiro atoms. The van der Waals surface area contributed by atoms with Crippen LogP contribution in [0.5, 0.6) is 0 Å². The van der Waals surface area contributed by atoms with E-state index in [-0.39, 0.29) is 13.2 Å². The molecule has 0 bridgehead atoms. The second kappa shape index (κ2) is 14.1. The fourth-order valence-electron chi connectivity index (χ4n) is 1.41. The van der Waals surface area contributed by atoms with Crippen LogP contribution < -0.4 is 0 Å². The van der Waals surface area contributed by atoms with Crippen LogP contribution in [0.3, 0.4) is 0 Å². The van der Waals surface area contributed by atoms with Gasteiger partial charge in [0.05, 0.1) is 13.2 Å². The Morgan fingerprint density at radius 2 is 1.04 bits per heavy atom. The van der Waals surface area contributed by atoms with E-state index in [1.165, 1.54) is 0 Å². The lowest BCUT2D eigenvalue weighted by Crippen LogP contribution is -1.85. The van der Waals surface area contributed by atoms with Gasteiger partial charge < -0.3 is 10.2 Å². The summed E-state index contributed by atoms with van der Waals surface area (Å²) in [6, 6.07) is 0. The maximum atomic E-state index is 10.5. The normalized spacial score (nSPS) is 15.0. The summed E-state index contributed by atoms with van der Waals surface area (Å²) in [5.41, 5.74) is 2.56. The van der Waals surface area contributed by atoms with Crippen molar-refractivity contribution in [1.29, 1.82) is 0 Å². The molecule has 4 nitrogen and oxygen atoms in total. The largest absolute Gasteiger partial charge is 0.392 e. The molecule has 0 heterocycles. The fraction of sp³-hybridized carbons (Fsp3) is 0.200. The molecule has 0 saturated heterocycles. The van der Waals surface area contributed by atoms with Gasteiger partial charge in [0.15, 0.2) is 0 Å². The molecule has 0 aromatic carbocycles. The van der Waals surface area contributed by atoms with E-state index in [0.717, 1.165) is 12.6 Å². The van der Waals surface area contributed by atoms with Gasteiger partial charge in [0.2, 0.25) is 0 Å². The Hall–Kier alpha value is -2.56. The van der Waals surface area contributed by atoms with Crippen molar-refractivity contribution in [3.05, 3.63) is 83.1 Å². The van der Waals surface area contributed by atoms with Crippen LogP contribution in [-0.2, 0) is 9.59 Å². The first kappa shape index (κ1) is 21.4. The summed E-state index contributed by atoms with van der Waals surface area (Å²) >= 11 is 0. The zero-order valence-corrected chi connectivity index (χ0v) is 14.1. The summed E-state index contributed by atoms with van der Waals surface area (Å²) in [6.07, 6.45) is 18.6. The SMILES string of the molecule is CC(C=O)=CC=CC(=CC=CC=C(C=CC=C(C)C=O)CO)CO. The van der Waals surface area contributed by atoms with Crippen LogP contribution in [0.1, 0.15) is 13.8 Å². The van der Waals surface area contributed by atoms with Crippen LogP contribution in [0, 0.1) is 0 Å². The van der Waals surface area contributed by atoms with Crippen LogP contribution in [-0.4, -0.2) is 36.0 Å². The van der Waals surface area contributed by atoms with Gasteiger partial charge in [-0.3, -0.25) is 9.59 Å². The molecule has 0 atom stereocenters. The molecule has 0 aromatic rings. The average molecular weight is 328 g/mol. The fourth-order valence-corrected chi connectivity index (χ4v) is 1.41. The van der Waals surface area contributed by atoms with E-state index in [9.17, 15) is 19.8 Å². The predicted molar refractivity (Wildman–Crippen MR) is 97.4 cm³/mol. The molecule has 0 unspecified atom stereocenters. The van der Waals surface area contributed by atoms with Crippen molar-refractivity contribution in [3.63, 3.8) is 0 Å². The van der Waals surface area contributed by atoms with Crippen LogP contribution in [0.2, 0.25) is 0 Å². The van der Waals surface area contributed by atoms with Crippen LogP contribution in [0.15, 0.2) is 83.1 Å². The molecule has 0 fully saturated rings. The van der Waals surface area contributed by atoms with E-state index in [4.69, 9.17) is 0 Å². The number of allylic oxidation sites excluding steroid dienone is 10. The Labute approximate surface area is 143 Å². The Bertz CT molecular complexity index is 558. The van der Waals surface area contributed by atoms with Crippen LogP contribution >= 0.6 is 0 Å². The first-order chi connectivity index (χ1) is 11.6. The van der Waals surface area contributed by atoms with Gasteiger partial charge in [-0.2, -0.15) is 0 Å². The number of aliphatic hydroxyl groups is 2. The van der Waals surface area contributed by atoms with Crippen LogP contribution in [0.25, 0.3) is 0 Å². The van der Waals surface area contributed by atoms with E-state index >= 15 is 0 Å². The van der Waals surface area contributed by atoms with Crippen molar-refractivity contribution < 1.29 is 19.8 Å². The van der Waals surface area contributed by atoms with Crippen molar-refractivity contribution in [2.45, 2.75) is 13.8 Å². The van der Waals surface area contributed by atoms with Gasteiger partial charge in [-0.25, -0.2) is 0 Å². The van der Waals surface area contributed by atoms with E-state index in [1.54, 1.807) is 74.6 Å². The summed E-state index contributed by atoms with van der Waals surface area (Å²) in [5, 5.41) is 18.5. The Morgan fingerprint density at radius 1 is 0.667 bits per heavy atom. The standard InChI is InChI=1S/C20H24O4/c1-17(13-21)7-5-11-19(15-23)9-3-4-10-20(16-24)12-6-8-18(2)14-22/h3-14,23-24H,15-16H2,1-2H3. The third-order valence-corrected chi connectivity index (χ3v) is 2.81. The number of hydrogen-bond donors (Lipinski definition) is 2. The summed E-state index contributed by atoms with van der Waals surface area (Å²) in [7, 11) is 0. The highest BCUT2D eigenvalue weighted by molar-refractivity contribution is 5.73. The highest BCUT2D eigenvalue weighted by Gasteiger charge is 1.88. The first-order valence-electron chi connectivity index (χ1n) is 7.45. The van der Waals surface area contributed by atoms with Gasteiger partial charge in [0.25, 0.3) is 0 Å². The average Bonchev–Trinajstić information content (AvgIpc) is 2.61. The van der Waals surface area contributed by atoms with Crippen molar-refractivity contribution in [1.82, 2.24) is 0 Å². The van der Waals surface area contributed by atoms with Gasteiger partial charge in [-0.15, -0.1) is 0 Å². The molecular weight excluding hydrogens is 304 g/mol. The van der Waals surface area contributed by atoms with Crippen molar-refractivity contribution in [2.75, 3.05) is 13.2 Å². The quantitative estimate of drug-likeness (QED) is 0.367. The lowest BCUT2D eigenvalue weighted by Gasteiger charge is -1.94. The summed E-state index contributed by atoms with van der Waals surface area (Å²) in [4.78, 5) is 20.9. The number of rotatable bonds is 10. The molecule has 128 valence electrons. The number of aldehydes is 2. The monoisotopic (exact) mass is 328 g/mol. The molecule has 0 amide bonds. The lowest BCUT2D eigenvalue weighted by molar-refractivity contribution is -0.105. The third-order valence-electron chi connectivity index (χ3n) is 2.81. The highest BCUT2D eigenvalue weighted by atomic mass is 16.3.